The number of rotatable bonds is 8. The van der Waals surface area contributed by atoms with E-state index in [-0.39, 0.29) is 23.7 Å². The molecule has 1 heterocycles. The zero-order chi connectivity index (χ0) is 24.9. The zero-order valence-electron chi connectivity index (χ0n) is 18.5. The van der Waals surface area contributed by atoms with Crippen LogP contribution in [0.3, 0.4) is 0 Å². The number of hydrogen-bond donors (Lipinski definition) is 0. The molecule has 0 aromatic heterocycles. The topological polar surface area (TPSA) is 99.0 Å². The van der Waals surface area contributed by atoms with Gasteiger partial charge in [-0.2, -0.15) is 0 Å². The molecule has 0 atom stereocenters. The summed E-state index contributed by atoms with van der Waals surface area (Å²) in [6.07, 6.45) is 1.57. The van der Waals surface area contributed by atoms with E-state index in [1.165, 1.54) is 37.4 Å². The lowest BCUT2D eigenvalue weighted by Crippen LogP contribution is -2.27. The monoisotopic (exact) mass is 494 g/mol. The van der Waals surface area contributed by atoms with Crippen molar-refractivity contribution in [2.24, 2.45) is 0 Å². The number of nitro benzene ring substituents is 1. The Morgan fingerprint density at radius 2 is 1.80 bits per heavy atom. The number of hydrogen-bond acceptors (Lipinski definition) is 7. The summed E-state index contributed by atoms with van der Waals surface area (Å²) in [7, 11) is 1.45. The Bertz CT molecular complexity index is 1330. The third kappa shape index (κ3) is 5.49. The molecule has 178 valence electrons. The Kier molecular flexibility index (Phi) is 7.11. The van der Waals surface area contributed by atoms with Crippen molar-refractivity contribution in [3.05, 3.63) is 104 Å². The highest BCUT2D eigenvalue weighted by Gasteiger charge is 2.35. The number of nitrogens with zero attached hydrogens (tertiary/aromatic N) is 2. The average Bonchev–Trinajstić information content (AvgIpc) is 3.11. The lowest BCUT2D eigenvalue weighted by molar-refractivity contribution is -0.385. The first-order chi connectivity index (χ1) is 16.9. The summed E-state index contributed by atoms with van der Waals surface area (Å²) in [5, 5.41) is 10.8. The first-order valence-electron chi connectivity index (χ1n) is 10.4. The van der Waals surface area contributed by atoms with Gasteiger partial charge < -0.3 is 9.47 Å². The van der Waals surface area contributed by atoms with E-state index < -0.39 is 21.9 Å². The molecular weight excluding hydrogens is 475 g/mol. The number of nitro groups is 1. The van der Waals surface area contributed by atoms with E-state index in [4.69, 9.17) is 9.47 Å². The van der Waals surface area contributed by atoms with Crippen molar-refractivity contribution in [1.82, 2.24) is 4.90 Å². The Morgan fingerprint density at radius 1 is 1.06 bits per heavy atom. The minimum atomic E-state index is -0.470. The van der Waals surface area contributed by atoms with Crippen LogP contribution in [0, 0.1) is 15.9 Å². The van der Waals surface area contributed by atoms with Gasteiger partial charge in [0.15, 0.2) is 11.5 Å². The maximum atomic E-state index is 13.1. The van der Waals surface area contributed by atoms with Crippen LogP contribution in [-0.4, -0.2) is 28.1 Å². The zero-order valence-corrected chi connectivity index (χ0v) is 19.3. The molecular formula is C25H19FN2O6S. The number of imide groups is 1. The van der Waals surface area contributed by atoms with Crippen LogP contribution in [0.4, 0.5) is 14.9 Å². The van der Waals surface area contributed by atoms with Gasteiger partial charge in [0.25, 0.3) is 16.8 Å². The number of para-hydroxylation sites is 1. The average molecular weight is 495 g/mol. The predicted octanol–water partition coefficient (Wildman–Crippen LogP) is 5.56. The molecule has 8 nitrogen and oxygen atoms in total. The van der Waals surface area contributed by atoms with Gasteiger partial charge in [-0.25, -0.2) is 4.39 Å². The molecule has 1 fully saturated rings. The lowest BCUT2D eigenvalue weighted by Gasteiger charge is -2.12. The van der Waals surface area contributed by atoms with E-state index in [0.29, 0.717) is 28.2 Å². The molecule has 0 unspecified atom stereocenters. The van der Waals surface area contributed by atoms with Gasteiger partial charge in [-0.05, 0) is 59.3 Å². The summed E-state index contributed by atoms with van der Waals surface area (Å²) in [6, 6.07) is 16.8. The van der Waals surface area contributed by atoms with Gasteiger partial charge in [0, 0.05) is 6.07 Å². The summed E-state index contributed by atoms with van der Waals surface area (Å²) in [5.41, 5.74) is 1.61. The minimum Gasteiger partial charge on any atom is -0.493 e. The van der Waals surface area contributed by atoms with E-state index in [1.807, 2.05) is 0 Å². The molecule has 3 aromatic rings. The normalized spacial score (nSPS) is 14.5. The molecule has 2 amide bonds. The van der Waals surface area contributed by atoms with Crippen LogP contribution in [-0.2, 0) is 17.9 Å². The summed E-state index contributed by atoms with van der Waals surface area (Å²) < 4.78 is 24.3. The predicted molar refractivity (Wildman–Crippen MR) is 128 cm³/mol. The SMILES string of the molecule is COc1cc(/C=C2\SC(=O)N(Cc3ccc(F)cc3)C2=O)ccc1OCc1ccccc1[N+](=O)[O-]. The molecule has 35 heavy (non-hydrogen) atoms. The van der Waals surface area contributed by atoms with Crippen LogP contribution in [0.15, 0.2) is 71.6 Å². The van der Waals surface area contributed by atoms with E-state index in [9.17, 15) is 24.1 Å². The highest BCUT2D eigenvalue weighted by Crippen LogP contribution is 2.35. The maximum Gasteiger partial charge on any atom is 0.293 e. The van der Waals surface area contributed by atoms with Crippen LogP contribution < -0.4 is 9.47 Å². The number of amides is 2. The van der Waals surface area contributed by atoms with Gasteiger partial charge >= 0.3 is 0 Å². The Hall–Kier alpha value is -4.18. The van der Waals surface area contributed by atoms with Crippen molar-refractivity contribution in [2.75, 3.05) is 7.11 Å². The van der Waals surface area contributed by atoms with E-state index >= 15 is 0 Å². The standard InChI is InChI=1S/C25H19FN2O6S/c1-33-22-12-17(8-11-21(22)34-15-18-4-2-3-5-20(18)28(31)32)13-23-24(29)27(25(30)35-23)14-16-6-9-19(26)10-7-16/h2-13H,14-15H2,1H3/b23-13-. The molecule has 0 aliphatic carbocycles. The highest BCUT2D eigenvalue weighted by molar-refractivity contribution is 8.18. The van der Waals surface area contributed by atoms with Crippen LogP contribution in [0.5, 0.6) is 11.5 Å². The summed E-state index contributed by atoms with van der Waals surface area (Å²) >= 11 is 0.817. The minimum absolute atomic E-state index is 0.0326. The fourth-order valence-corrected chi connectivity index (χ4v) is 4.26. The quantitative estimate of drug-likeness (QED) is 0.230. The van der Waals surface area contributed by atoms with E-state index in [1.54, 1.807) is 42.5 Å². The molecule has 1 saturated heterocycles. The van der Waals surface area contributed by atoms with Gasteiger partial charge in [0.1, 0.15) is 12.4 Å². The number of halogens is 1. The molecule has 1 aliphatic heterocycles. The van der Waals surface area contributed by atoms with Crippen molar-refractivity contribution in [1.29, 1.82) is 0 Å². The van der Waals surface area contributed by atoms with Crippen molar-refractivity contribution in [3.63, 3.8) is 0 Å². The molecule has 4 rings (SSSR count). The Balaban J connectivity index is 1.49. The summed E-state index contributed by atoms with van der Waals surface area (Å²) in [6.45, 7) is 0.0130. The number of carbonyl (C=O) groups excluding carboxylic acids is 2. The number of carbonyl (C=O) groups is 2. The smallest absolute Gasteiger partial charge is 0.293 e. The van der Waals surface area contributed by atoms with Crippen molar-refractivity contribution < 1.29 is 28.4 Å². The summed E-state index contributed by atoms with van der Waals surface area (Å²) in [5.74, 6) is -0.110. The van der Waals surface area contributed by atoms with Gasteiger partial charge in [0.05, 0.1) is 29.0 Å². The molecule has 1 aliphatic rings. The van der Waals surface area contributed by atoms with E-state index in [2.05, 4.69) is 0 Å². The van der Waals surface area contributed by atoms with Crippen LogP contribution in [0.25, 0.3) is 6.08 Å². The highest BCUT2D eigenvalue weighted by atomic mass is 32.2. The second kappa shape index (κ2) is 10.4. The van der Waals surface area contributed by atoms with Gasteiger partial charge in [-0.15, -0.1) is 0 Å². The molecule has 10 heteroatoms. The Labute approximate surface area is 204 Å². The van der Waals surface area contributed by atoms with Gasteiger partial charge in [-0.1, -0.05) is 30.3 Å². The van der Waals surface area contributed by atoms with Crippen LogP contribution >= 0.6 is 11.8 Å². The number of benzene rings is 3. The fraction of sp³-hybridized carbons (Fsp3) is 0.120. The third-order valence-electron chi connectivity index (χ3n) is 5.18. The van der Waals surface area contributed by atoms with Crippen LogP contribution in [0.2, 0.25) is 0 Å². The van der Waals surface area contributed by atoms with Crippen molar-refractivity contribution in [2.45, 2.75) is 13.2 Å². The maximum absolute atomic E-state index is 13.1. The number of methoxy groups -OCH3 is 1. The first-order valence-corrected chi connectivity index (χ1v) is 11.2. The molecule has 3 aromatic carbocycles. The van der Waals surface area contributed by atoms with E-state index in [0.717, 1.165) is 16.7 Å². The molecule has 0 N–H and O–H groups in total. The third-order valence-corrected chi connectivity index (χ3v) is 6.09. The molecule has 0 radical (unpaired) electrons. The number of thioether (sulfide) groups is 1. The number of ether oxygens (including phenoxy) is 2. The van der Waals surface area contributed by atoms with Crippen LogP contribution in [0.1, 0.15) is 16.7 Å². The summed E-state index contributed by atoms with van der Waals surface area (Å²) in [4.78, 5) is 37.3. The van der Waals surface area contributed by atoms with Gasteiger partial charge in [0.2, 0.25) is 0 Å². The molecule has 0 saturated carbocycles. The fourth-order valence-electron chi connectivity index (χ4n) is 3.42. The first kappa shape index (κ1) is 24.0. The largest absolute Gasteiger partial charge is 0.493 e. The van der Waals surface area contributed by atoms with Crippen molar-refractivity contribution >= 4 is 34.7 Å². The molecule has 0 spiro atoms. The second-order valence-electron chi connectivity index (χ2n) is 7.48. The van der Waals surface area contributed by atoms with Crippen molar-refractivity contribution in [3.8, 4) is 11.5 Å². The lowest BCUT2D eigenvalue weighted by atomic mass is 10.1. The Morgan fingerprint density at radius 3 is 2.51 bits per heavy atom. The van der Waals surface area contributed by atoms with Gasteiger partial charge in [-0.3, -0.25) is 24.6 Å². The molecule has 0 bridgehead atoms. The second-order valence-corrected chi connectivity index (χ2v) is 8.47.